The van der Waals surface area contributed by atoms with Gasteiger partial charge >= 0.3 is 0 Å². The van der Waals surface area contributed by atoms with Gasteiger partial charge in [0.15, 0.2) is 5.82 Å². The predicted molar refractivity (Wildman–Crippen MR) is 211 cm³/mol. The van der Waals surface area contributed by atoms with Crippen molar-refractivity contribution < 1.29 is 14.4 Å². The Hall–Kier alpha value is -4.77. The fraction of sp³-hybridized carbons (Fsp3) is 0.512. The van der Waals surface area contributed by atoms with Crippen LogP contribution in [0.4, 0.5) is 17.2 Å². The third-order valence-electron chi connectivity index (χ3n) is 12.9. The lowest BCUT2D eigenvalue weighted by atomic mass is 9.73. The molecule has 0 bridgehead atoms. The monoisotopic (exact) mass is 728 g/mol. The summed E-state index contributed by atoms with van der Waals surface area (Å²) in [4.78, 5) is 57.0. The molecule has 3 amide bonds. The summed E-state index contributed by atoms with van der Waals surface area (Å²) in [5, 5.41) is 6.71. The molecule has 2 saturated heterocycles. The Morgan fingerprint density at radius 3 is 2.39 bits per heavy atom. The van der Waals surface area contributed by atoms with E-state index in [1.807, 2.05) is 42.4 Å². The molecule has 282 valence electrons. The van der Waals surface area contributed by atoms with Crippen LogP contribution in [0.1, 0.15) is 106 Å². The number of nitrogens with zero attached hydrogens (tertiary/aromatic N) is 6. The highest BCUT2D eigenvalue weighted by molar-refractivity contribution is 6.09. The lowest BCUT2D eigenvalue weighted by Gasteiger charge is -2.48. The number of carbonyl (C=O) groups is 3. The number of amides is 3. The second-order valence-electron chi connectivity index (χ2n) is 16.7. The molecular weight excluding hydrogens is 677 g/mol. The number of likely N-dealkylation sites (tertiary alicyclic amines) is 2. The summed E-state index contributed by atoms with van der Waals surface area (Å²) in [7, 11) is 0. The Balaban J connectivity index is 1.09. The van der Waals surface area contributed by atoms with Gasteiger partial charge in [0.1, 0.15) is 5.52 Å². The third kappa shape index (κ3) is 6.04. The van der Waals surface area contributed by atoms with Crippen molar-refractivity contribution in [1.82, 2.24) is 29.7 Å². The summed E-state index contributed by atoms with van der Waals surface area (Å²) >= 11 is 0. The molecule has 2 aliphatic carbocycles. The summed E-state index contributed by atoms with van der Waals surface area (Å²) in [5.74, 6) is 0.881. The molecular formula is C43H52N8O3. The number of aryl methyl sites for hydroxylation is 1. The molecule has 54 heavy (non-hydrogen) atoms. The number of anilines is 3. The van der Waals surface area contributed by atoms with E-state index in [9.17, 15) is 14.4 Å². The number of aromatic nitrogens is 3. The molecule has 4 aromatic rings. The van der Waals surface area contributed by atoms with Crippen LogP contribution in [0.15, 0.2) is 48.8 Å². The molecule has 11 heteroatoms. The Labute approximate surface area is 317 Å². The van der Waals surface area contributed by atoms with E-state index >= 15 is 0 Å². The third-order valence-corrected chi connectivity index (χ3v) is 12.9. The van der Waals surface area contributed by atoms with Crippen LogP contribution in [-0.4, -0.2) is 86.4 Å². The van der Waals surface area contributed by atoms with E-state index in [0.717, 1.165) is 83.6 Å². The van der Waals surface area contributed by atoms with Crippen molar-refractivity contribution in [3.8, 4) is 11.3 Å². The van der Waals surface area contributed by atoms with Crippen molar-refractivity contribution in [3.05, 3.63) is 65.5 Å². The highest BCUT2D eigenvalue weighted by Gasteiger charge is 2.55. The lowest BCUT2D eigenvalue weighted by molar-refractivity contribution is -0.134. The molecule has 2 aromatic carbocycles. The zero-order valence-electron chi connectivity index (χ0n) is 32.0. The average molecular weight is 729 g/mol. The number of carbonyl (C=O) groups excluding carboxylic acids is 3. The first-order valence-electron chi connectivity index (χ1n) is 20.1. The average Bonchev–Trinajstić information content (AvgIpc) is 3.81. The number of hydrogen-bond donors (Lipinski definition) is 2. The van der Waals surface area contributed by atoms with Crippen LogP contribution in [0.25, 0.3) is 22.3 Å². The lowest BCUT2D eigenvalue weighted by Crippen LogP contribution is -2.58. The van der Waals surface area contributed by atoms with Gasteiger partial charge < -0.3 is 29.9 Å². The first-order valence-corrected chi connectivity index (χ1v) is 20.1. The van der Waals surface area contributed by atoms with Gasteiger partial charge in [0.05, 0.1) is 23.0 Å². The summed E-state index contributed by atoms with van der Waals surface area (Å²) in [5.41, 5.74) is 7.22. The predicted octanol–water partition coefficient (Wildman–Crippen LogP) is 6.87. The highest BCUT2D eigenvalue weighted by atomic mass is 16.2. The van der Waals surface area contributed by atoms with Crippen LogP contribution < -0.4 is 15.5 Å². The fourth-order valence-electron chi connectivity index (χ4n) is 9.41. The molecule has 5 aliphatic rings. The summed E-state index contributed by atoms with van der Waals surface area (Å²) in [6.45, 7) is 11.3. The van der Waals surface area contributed by atoms with Crippen molar-refractivity contribution in [2.24, 2.45) is 0 Å². The Morgan fingerprint density at radius 1 is 0.926 bits per heavy atom. The number of piperidine rings is 2. The largest absolute Gasteiger partial charge is 0.349 e. The molecule has 0 atom stereocenters. The first-order chi connectivity index (χ1) is 26.1. The number of hydrogen-bond acceptors (Lipinski definition) is 7. The van der Waals surface area contributed by atoms with Gasteiger partial charge in [-0.1, -0.05) is 24.6 Å². The summed E-state index contributed by atoms with van der Waals surface area (Å²) < 4.78 is 2.12. The van der Waals surface area contributed by atoms with Crippen LogP contribution in [-0.2, 0) is 15.0 Å². The number of rotatable bonds is 8. The Bertz CT molecular complexity index is 2130. The smallest absolute Gasteiger partial charge is 0.251 e. The minimum Gasteiger partial charge on any atom is -0.349 e. The summed E-state index contributed by atoms with van der Waals surface area (Å²) in [6.07, 6.45) is 11.0. The zero-order valence-corrected chi connectivity index (χ0v) is 32.0. The van der Waals surface area contributed by atoms with Crippen molar-refractivity contribution >= 4 is 45.9 Å². The number of nitrogens with one attached hydrogen (secondary N) is 2. The van der Waals surface area contributed by atoms with Gasteiger partial charge in [-0.2, -0.15) is 0 Å². The number of fused-ring (bicyclic) bond motifs is 3. The van der Waals surface area contributed by atoms with Crippen LogP contribution in [0.2, 0.25) is 0 Å². The maximum absolute atomic E-state index is 14.8. The van der Waals surface area contributed by atoms with E-state index in [4.69, 9.17) is 9.97 Å². The van der Waals surface area contributed by atoms with E-state index in [1.165, 1.54) is 19.3 Å². The van der Waals surface area contributed by atoms with Crippen LogP contribution in [0.3, 0.4) is 0 Å². The molecule has 5 heterocycles. The maximum Gasteiger partial charge on any atom is 0.251 e. The first kappa shape index (κ1) is 35.0. The van der Waals surface area contributed by atoms with Crippen molar-refractivity contribution in [1.29, 1.82) is 0 Å². The van der Waals surface area contributed by atoms with Gasteiger partial charge in [-0.25, -0.2) is 9.97 Å². The zero-order chi connectivity index (χ0) is 37.3. The van der Waals surface area contributed by atoms with Gasteiger partial charge in [-0.3, -0.25) is 14.4 Å². The highest BCUT2D eigenvalue weighted by Crippen LogP contribution is 2.52. The van der Waals surface area contributed by atoms with Crippen molar-refractivity contribution in [3.63, 3.8) is 0 Å². The van der Waals surface area contributed by atoms with Gasteiger partial charge in [-0.05, 0) is 121 Å². The van der Waals surface area contributed by atoms with Crippen LogP contribution in [0.5, 0.6) is 0 Å². The molecule has 1 spiro atoms. The molecule has 0 radical (unpaired) electrons. The molecule has 4 fully saturated rings. The SMILES string of the molecule is CC(=O)N1CCC2(CC1)C(=O)N(C1CC(N3CCCCC3)C1)c1cc(-c3cc4ncn(C(C)C)c4c(Nc4ccc(C)c(C(=O)NC5CC5)c4)n3)ccc12. The minimum absolute atomic E-state index is 0.0478. The number of imidazole rings is 1. The maximum atomic E-state index is 14.8. The topological polar surface area (TPSA) is 116 Å². The van der Waals surface area contributed by atoms with Gasteiger partial charge in [-0.15, -0.1) is 0 Å². The molecule has 2 aromatic heterocycles. The molecule has 9 rings (SSSR count). The number of benzene rings is 2. The second-order valence-corrected chi connectivity index (χ2v) is 16.7. The second kappa shape index (κ2) is 13.5. The van der Waals surface area contributed by atoms with E-state index in [2.05, 4.69) is 57.0 Å². The molecule has 2 saturated carbocycles. The summed E-state index contributed by atoms with van der Waals surface area (Å²) in [6, 6.07) is 15.5. The molecule has 3 aliphatic heterocycles. The van der Waals surface area contributed by atoms with Crippen molar-refractivity contribution in [2.45, 2.75) is 115 Å². The van der Waals surface area contributed by atoms with Crippen LogP contribution in [0, 0.1) is 6.92 Å². The van der Waals surface area contributed by atoms with E-state index in [1.54, 1.807) is 6.92 Å². The van der Waals surface area contributed by atoms with E-state index < -0.39 is 5.41 Å². The van der Waals surface area contributed by atoms with Crippen molar-refractivity contribution in [2.75, 3.05) is 36.4 Å². The Kier molecular flexibility index (Phi) is 8.75. The van der Waals surface area contributed by atoms with Gasteiger partial charge in [0, 0.05) is 66.7 Å². The van der Waals surface area contributed by atoms with Gasteiger partial charge in [0.25, 0.3) is 5.91 Å². The number of pyridine rings is 1. The minimum atomic E-state index is -0.620. The molecule has 2 N–H and O–H groups in total. The van der Waals surface area contributed by atoms with Crippen LogP contribution >= 0.6 is 0 Å². The van der Waals surface area contributed by atoms with Gasteiger partial charge in [0.2, 0.25) is 11.8 Å². The standard InChI is InChI=1S/C43H52N8O3/c1-26(2)50-25-44-37-24-36(47-40(39(37)50)45-31-10-8-27(3)34(21-31)41(53)46-30-11-12-30)29-9-13-35-38(20-29)51(33-22-32(23-33)49-16-6-5-7-17-49)42(54)43(35)14-18-48(19-15-43)28(4)52/h8-10,13,20-21,24-26,30,32-33H,5-7,11-12,14-19,22-23H2,1-4H3,(H,45,47)(H,46,53). The fourth-order valence-corrected chi connectivity index (χ4v) is 9.41. The Morgan fingerprint density at radius 2 is 1.69 bits per heavy atom. The van der Waals surface area contributed by atoms with E-state index in [-0.39, 0.29) is 35.8 Å². The quantitative estimate of drug-likeness (QED) is 0.204. The normalized spacial score (nSPS) is 22.5. The molecule has 11 nitrogen and oxygen atoms in total. The molecule has 0 unspecified atom stereocenters. The van der Waals surface area contributed by atoms with E-state index in [0.29, 0.717) is 43.4 Å².